The second-order valence-corrected chi connectivity index (χ2v) is 6.83. The Hall–Kier alpha value is -3.85. The summed E-state index contributed by atoms with van der Waals surface area (Å²) >= 11 is 0. The minimum absolute atomic E-state index is 0.255. The van der Waals surface area contributed by atoms with Crippen LogP contribution in [0.4, 0.5) is 5.69 Å². The normalized spacial score (nSPS) is 10.8. The highest BCUT2D eigenvalue weighted by molar-refractivity contribution is 6.05. The molecule has 0 bridgehead atoms. The average molecular weight is 384 g/mol. The number of aromatic nitrogens is 2. The van der Waals surface area contributed by atoms with Crippen molar-refractivity contribution in [3.05, 3.63) is 71.1 Å². The van der Waals surface area contributed by atoms with Gasteiger partial charge in [0.1, 0.15) is 17.4 Å². The molecule has 0 saturated heterocycles. The third-order valence-corrected chi connectivity index (χ3v) is 5.08. The number of carbonyl (C=O) groups excluding carboxylic acids is 1. The largest absolute Gasteiger partial charge is 0.361 e. The molecule has 0 unspecified atom stereocenters. The molecule has 0 fully saturated rings. The molecule has 2 aromatic heterocycles. The molecule has 2 heterocycles. The van der Waals surface area contributed by atoms with Crippen LogP contribution in [0.25, 0.3) is 22.2 Å². The molecule has 0 aliphatic carbocycles. The topological polar surface area (TPSA) is 83.8 Å². The Kier molecular flexibility index (Phi) is 4.65. The van der Waals surface area contributed by atoms with Crippen LogP contribution in [0.5, 0.6) is 0 Å². The molecule has 29 heavy (non-hydrogen) atoms. The number of aryl methyl sites for hydroxylation is 3. The molecule has 0 radical (unpaired) electrons. The number of nitrogens with one attached hydrogen (secondary N) is 1. The van der Waals surface area contributed by atoms with Gasteiger partial charge in [-0.3, -0.25) is 4.79 Å². The van der Waals surface area contributed by atoms with Crippen molar-refractivity contribution in [1.29, 1.82) is 5.26 Å². The zero-order valence-electron chi connectivity index (χ0n) is 16.5. The average Bonchev–Trinajstić information content (AvgIpc) is 3.24. The minimum atomic E-state index is -0.255. The minimum Gasteiger partial charge on any atom is -0.361 e. The van der Waals surface area contributed by atoms with Crippen molar-refractivity contribution in [2.24, 2.45) is 0 Å². The van der Waals surface area contributed by atoms with E-state index in [9.17, 15) is 10.1 Å². The summed E-state index contributed by atoms with van der Waals surface area (Å²) in [6.07, 6.45) is 0. The number of anilines is 1. The van der Waals surface area contributed by atoms with Gasteiger partial charge in [0.25, 0.3) is 5.91 Å². The number of nitrogens with zero attached hydrogens (tertiary/aromatic N) is 3. The number of carbonyl (C=O) groups is 1. The van der Waals surface area contributed by atoms with Crippen LogP contribution in [-0.2, 0) is 6.54 Å². The lowest BCUT2D eigenvalue weighted by molar-refractivity contribution is 0.102. The molecule has 6 heteroatoms. The predicted molar refractivity (Wildman–Crippen MR) is 112 cm³/mol. The van der Waals surface area contributed by atoms with Gasteiger partial charge in [0, 0.05) is 23.1 Å². The number of rotatable bonds is 4. The summed E-state index contributed by atoms with van der Waals surface area (Å²) in [6.45, 7) is 6.27. The maximum atomic E-state index is 12.5. The summed E-state index contributed by atoms with van der Waals surface area (Å²) < 4.78 is 7.21. The Bertz CT molecular complexity index is 1240. The molecule has 144 valence electrons. The fourth-order valence-electron chi connectivity index (χ4n) is 3.76. The molecule has 0 aliphatic rings. The standard InChI is InChI=1S/C23H20N4O2/c1-4-27-20-8-6-5-7-18(20)19(13-24)22(27)16-9-11-17(12-10-16)25-23(28)21-14(2)26-29-15(21)3/h5-12H,4H2,1-3H3,(H,25,28). The zero-order valence-corrected chi connectivity index (χ0v) is 16.5. The van der Waals surface area contributed by atoms with Crippen molar-refractivity contribution in [3.8, 4) is 17.3 Å². The van der Waals surface area contributed by atoms with Crippen molar-refractivity contribution in [3.63, 3.8) is 0 Å². The van der Waals surface area contributed by atoms with Gasteiger partial charge >= 0.3 is 0 Å². The van der Waals surface area contributed by atoms with Crippen molar-refractivity contribution < 1.29 is 9.32 Å². The number of benzene rings is 2. The first kappa shape index (κ1) is 18.5. The van der Waals surface area contributed by atoms with Crippen LogP contribution >= 0.6 is 0 Å². The molecule has 0 atom stereocenters. The Morgan fingerprint density at radius 2 is 1.90 bits per heavy atom. The first-order chi connectivity index (χ1) is 14.0. The number of hydrogen-bond acceptors (Lipinski definition) is 4. The molecule has 6 nitrogen and oxygen atoms in total. The maximum Gasteiger partial charge on any atom is 0.261 e. The molecular formula is C23H20N4O2. The summed E-state index contributed by atoms with van der Waals surface area (Å²) in [7, 11) is 0. The molecule has 4 aromatic rings. The van der Waals surface area contributed by atoms with Crippen LogP contribution in [0, 0.1) is 25.2 Å². The summed E-state index contributed by atoms with van der Waals surface area (Å²) in [5.74, 6) is 0.233. The second-order valence-electron chi connectivity index (χ2n) is 6.83. The Labute approximate surface area is 168 Å². The van der Waals surface area contributed by atoms with E-state index in [0.717, 1.165) is 28.7 Å². The van der Waals surface area contributed by atoms with Gasteiger partial charge in [-0.15, -0.1) is 0 Å². The Balaban J connectivity index is 1.70. The van der Waals surface area contributed by atoms with Gasteiger partial charge in [-0.1, -0.05) is 35.5 Å². The maximum absolute atomic E-state index is 12.5. The molecule has 0 spiro atoms. The molecule has 0 saturated carbocycles. The van der Waals surface area contributed by atoms with Gasteiger partial charge in [-0.05, 0) is 44.5 Å². The first-order valence-electron chi connectivity index (χ1n) is 9.41. The van der Waals surface area contributed by atoms with E-state index in [1.165, 1.54) is 0 Å². The van der Waals surface area contributed by atoms with Gasteiger partial charge in [0.05, 0.1) is 17.0 Å². The van der Waals surface area contributed by atoms with Gasteiger partial charge in [-0.25, -0.2) is 0 Å². The van der Waals surface area contributed by atoms with Crippen molar-refractivity contribution >= 4 is 22.5 Å². The van der Waals surface area contributed by atoms with Crippen LogP contribution in [0.2, 0.25) is 0 Å². The van der Waals surface area contributed by atoms with Crippen molar-refractivity contribution in [2.45, 2.75) is 27.3 Å². The van der Waals surface area contributed by atoms with E-state index in [2.05, 4.69) is 28.0 Å². The van der Waals surface area contributed by atoms with Gasteiger partial charge in [0.15, 0.2) is 0 Å². The van der Waals surface area contributed by atoms with Crippen LogP contribution in [0.15, 0.2) is 53.1 Å². The van der Waals surface area contributed by atoms with Gasteiger partial charge in [0.2, 0.25) is 0 Å². The van der Waals surface area contributed by atoms with E-state index in [-0.39, 0.29) is 5.91 Å². The summed E-state index contributed by atoms with van der Waals surface area (Å²) in [4.78, 5) is 12.5. The highest BCUT2D eigenvalue weighted by Crippen LogP contribution is 2.34. The van der Waals surface area contributed by atoms with Crippen LogP contribution in [0.1, 0.15) is 34.3 Å². The highest BCUT2D eigenvalue weighted by atomic mass is 16.5. The summed E-state index contributed by atoms with van der Waals surface area (Å²) in [5.41, 5.74) is 5.19. The van der Waals surface area contributed by atoms with Gasteiger partial charge in [-0.2, -0.15) is 5.26 Å². The van der Waals surface area contributed by atoms with E-state index in [1.54, 1.807) is 13.8 Å². The third-order valence-electron chi connectivity index (χ3n) is 5.08. The first-order valence-corrected chi connectivity index (χ1v) is 9.41. The number of amides is 1. The molecular weight excluding hydrogens is 364 g/mol. The Morgan fingerprint density at radius 1 is 1.17 bits per heavy atom. The molecule has 4 rings (SSSR count). The van der Waals surface area contributed by atoms with Crippen LogP contribution < -0.4 is 5.32 Å². The lowest BCUT2D eigenvalue weighted by atomic mass is 10.1. The number of hydrogen-bond donors (Lipinski definition) is 1. The number of fused-ring (bicyclic) bond motifs is 1. The van der Waals surface area contributed by atoms with E-state index < -0.39 is 0 Å². The van der Waals surface area contributed by atoms with E-state index in [0.29, 0.717) is 28.3 Å². The van der Waals surface area contributed by atoms with Crippen LogP contribution in [-0.4, -0.2) is 15.6 Å². The lowest BCUT2D eigenvalue weighted by Crippen LogP contribution is -2.13. The lowest BCUT2D eigenvalue weighted by Gasteiger charge is -2.10. The van der Waals surface area contributed by atoms with Gasteiger partial charge < -0.3 is 14.4 Å². The highest BCUT2D eigenvalue weighted by Gasteiger charge is 2.19. The van der Waals surface area contributed by atoms with E-state index in [1.807, 2.05) is 48.5 Å². The number of para-hydroxylation sites is 1. The fourth-order valence-corrected chi connectivity index (χ4v) is 3.76. The third kappa shape index (κ3) is 3.07. The zero-order chi connectivity index (χ0) is 20.5. The summed E-state index contributed by atoms with van der Waals surface area (Å²) in [6, 6.07) is 17.8. The van der Waals surface area contributed by atoms with Crippen molar-refractivity contribution in [2.75, 3.05) is 5.32 Å². The quantitative estimate of drug-likeness (QED) is 0.533. The monoisotopic (exact) mass is 384 g/mol. The predicted octanol–water partition coefficient (Wildman–Crippen LogP) is 5.06. The SMILES string of the molecule is CCn1c(-c2ccc(NC(=O)c3c(C)noc3C)cc2)c(C#N)c2ccccc21. The van der Waals surface area contributed by atoms with Crippen molar-refractivity contribution in [1.82, 2.24) is 9.72 Å². The van der Waals surface area contributed by atoms with E-state index >= 15 is 0 Å². The molecule has 1 amide bonds. The molecule has 1 N–H and O–H groups in total. The molecule has 0 aliphatic heterocycles. The Morgan fingerprint density at radius 3 is 2.52 bits per heavy atom. The molecule has 2 aromatic carbocycles. The van der Waals surface area contributed by atoms with Crippen LogP contribution in [0.3, 0.4) is 0 Å². The fraction of sp³-hybridized carbons (Fsp3) is 0.174. The number of nitriles is 1. The summed E-state index contributed by atoms with van der Waals surface area (Å²) in [5, 5.41) is 17.4. The van der Waals surface area contributed by atoms with E-state index in [4.69, 9.17) is 4.52 Å². The second kappa shape index (κ2) is 7.28. The smallest absolute Gasteiger partial charge is 0.261 e.